The highest BCUT2D eigenvalue weighted by atomic mass is 16.5. The molecule has 2 aliphatic rings. The summed E-state index contributed by atoms with van der Waals surface area (Å²) in [6.07, 6.45) is 2.63. The molecule has 3 rings (SSSR count). The molecule has 0 spiro atoms. The zero-order valence-electron chi connectivity index (χ0n) is 10.1. The molecule has 2 saturated heterocycles. The molecule has 4 atom stereocenters. The van der Waals surface area contributed by atoms with Crippen LogP contribution in [0.2, 0.25) is 0 Å². The summed E-state index contributed by atoms with van der Waals surface area (Å²) in [6, 6.07) is 3.71. The third-order valence-electron chi connectivity index (χ3n) is 4.31. The molecule has 3 heterocycles. The highest BCUT2D eigenvalue weighted by molar-refractivity contribution is 5.15. The number of ether oxygens (including phenoxy) is 1. The van der Waals surface area contributed by atoms with Gasteiger partial charge in [0.05, 0.1) is 12.2 Å². The highest BCUT2D eigenvalue weighted by Crippen LogP contribution is 2.53. The fourth-order valence-electron chi connectivity index (χ4n) is 3.33. The van der Waals surface area contributed by atoms with E-state index in [9.17, 15) is 5.11 Å². The predicted molar refractivity (Wildman–Crippen MR) is 62.4 cm³/mol. The summed E-state index contributed by atoms with van der Waals surface area (Å²) < 4.78 is 11.4. The summed E-state index contributed by atoms with van der Waals surface area (Å²) >= 11 is 0. The Morgan fingerprint density at radius 2 is 2.35 bits per heavy atom. The predicted octanol–water partition coefficient (Wildman–Crippen LogP) is 1.52. The Labute approximate surface area is 101 Å². The van der Waals surface area contributed by atoms with Crippen molar-refractivity contribution < 1.29 is 14.3 Å². The molecule has 0 aliphatic carbocycles. The third kappa shape index (κ3) is 1.55. The number of hydrogen-bond donors (Lipinski definition) is 2. The molecular formula is C13H19NO3. The molecule has 0 amide bonds. The Kier molecular flexibility index (Phi) is 2.54. The molecule has 4 heteroatoms. The van der Waals surface area contributed by atoms with Gasteiger partial charge in [-0.15, -0.1) is 0 Å². The van der Waals surface area contributed by atoms with Gasteiger partial charge in [-0.1, -0.05) is 0 Å². The van der Waals surface area contributed by atoms with Gasteiger partial charge in [-0.2, -0.15) is 0 Å². The van der Waals surface area contributed by atoms with E-state index in [1.807, 2.05) is 19.1 Å². The first-order valence-corrected chi connectivity index (χ1v) is 6.25. The van der Waals surface area contributed by atoms with E-state index in [-0.39, 0.29) is 17.6 Å². The Balaban J connectivity index is 1.91. The summed E-state index contributed by atoms with van der Waals surface area (Å²) in [5.41, 5.74) is 5.56. The molecule has 2 bridgehead atoms. The van der Waals surface area contributed by atoms with Crippen molar-refractivity contribution in [1.82, 2.24) is 0 Å². The Morgan fingerprint density at radius 3 is 2.82 bits per heavy atom. The van der Waals surface area contributed by atoms with E-state index >= 15 is 0 Å². The van der Waals surface area contributed by atoms with Crippen LogP contribution in [0.4, 0.5) is 0 Å². The fourth-order valence-corrected chi connectivity index (χ4v) is 3.33. The molecule has 0 radical (unpaired) electrons. The number of furan rings is 1. The SMILES string of the molecule is Cc1ccc(C(O)C2(CN)CC3CCC2O3)o1. The number of rotatable bonds is 3. The van der Waals surface area contributed by atoms with Gasteiger partial charge in [0.1, 0.15) is 17.6 Å². The second kappa shape index (κ2) is 3.83. The first-order valence-electron chi connectivity index (χ1n) is 6.25. The van der Waals surface area contributed by atoms with Gasteiger partial charge in [0, 0.05) is 12.0 Å². The van der Waals surface area contributed by atoms with E-state index in [2.05, 4.69) is 0 Å². The molecule has 4 nitrogen and oxygen atoms in total. The second-order valence-corrected chi connectivity index (χ2v) is 5.32. The van der Waals surface area contributed by atoms with Crippen molar-refractivity contribution in [2.24, 2.45) is 11.1 Å². The molecule has 2 fully saturated rings. The molecule has 17 heavy (non-hydrogen) atoms. The molecule has 1 aromatic heterocycles. The first kappa shape index (κ1) is 11.3. The van der Waals surface area contributed by atoms with Crippen LogP contribution in [0.5, 0.6) is 0 Å². The minimum Gasteiger partial charge on any atom is -0.464 e. The zero-order valence-corrected chi connectivity index (χ0v) is 10.1. The second-order valence-electron chi connectivity index (χ2n) is 5.32. The summed E-state index contributed by atoms with van der Waals surface area (Å²) in [5, 5.41) is 10.6. The van der Waals surface area contributed by atoms with Crippen molar-refractivity contribution in [2.75, 3.05) is 6.54 Å². The van der Waals surface area contributed by atoms with Gasteiger partial charge in [-0.3, -0.25) is 0 Å². The lowest BCUT2D eigenvalue weighted by molar-refractivity contribution is -0.0370. The summed E-state index contributed by atoms with van der Waals surface area (Å²) in [6.45, 7) is 2.32. The standard InChI is InChI=1S/C13H19NO3/c1-8-2-4-10(16-8)12(15)13(7-14)6-9-3-5-11(13)17-9/h2,4,9,11-12,15H,3,5-7,14H2,1H3. The van der Waals surface area contributed by atoms with E-state index in [0.29, 0.717) is 12.3 Å². The molecule has 94 valence electrons. The van der Waals surface area contributed by atoms with Gasteiger partial charge in [-0.25, -0.2) is 0 Å². The maximum atomic E-state index is 10.6. The van der Waals surface area contributed by atoms with Crippen molar-refractivity contribution >= 4 is 0 Å². The molecule has 0 aromatic carbocycles. The fraction of sp³-hybridized carbons (Fsp3) is 0.692. The van der Waals surface area contributed by atoms with Gasteiger partial charge < -0.3 is 20.0 Å². The number of aliphatic hydroxyl groups excluding tert-OH is 1. The maximum Gasteiger partial charge on any atom is 0.133 e. The van der Waals surface area contributed by atoms with Gasteiger partial charge in [0.2, 0.25) is 0 Å². The van der Waals surface area contributed by atoms with Crippen molar-refractivity contribution in [1.29, 1.82) is 0 Å². The van der Waals surface area contributed by atoms with Crippen LogP contribution in [0, 0.1) is 12.3 Å². The van der Waals surface area contributed by atoms with Crippen LogP contribution in [0.3, 0.4) is 0 Å². The average Bonchev–Trinajstić information content (AvgIpc) is 3.02. The van der Waals surface area contributed by atoms with Crippen LogP contribution in [0.1, 0.15) is 36.9 Å². The average molecular weight is 237 g/mol. The largest absolute Gasteiger partial charge is 0.464 e. The lowest BCUT2D eigenvalue weighted by Gasteiger charge is -2.37. The maximum absolute atomic E-state index is 10.6. The van der Waals surface area contributed by atoms with Crippen molar-refractivity contribution in [3.8, 4) is 0 Å². The monoisotopic (exact) mass is 237 g/mol. The molecule has 2 aliphatic heterocycles. The molecule has 4 unspecified atom stereocenters. The third-order valence-corrected chi connectivity index (χ3v) is 4.31. The minimum absolute atomic E-state index is 0.0814. The number of aryl methyl sites for hydroxylation is 1. The van der Waals surface area contributed by atoms with Gasteiger partial charge in [0.25, 0.3) is 0 Å². The van der Waals surface area contributed by atoms with E-state index in [1.54, 1.807) is 0 Å². The Bertz CT molecular complexity index is 417. The van der Waals surface area contributed by atoms with Crippen molar-refractivity contribution in [2.45, 2.75) is 44.5 Å². The summed E-state index contributed by atoms with van der Waals surface area (Å²) in [4.78, 5) is 0. The highest BCUT2D eigenvalue weighted by Gasteiger charge is 2.56. The van der Waals surface area contributed by atoms with Crippen LogP contribution in [-0.2, 0) is 4.74 Å². The van der Waals surface area contributed by atoms with Crippen LogP contribution in [0.25, 0.3) is 0 Å². The van der Waals surface area contributed by atoms with E-state index in [0.717, 1.165) is 25.0 Å². The molecule has 1 aromatic rings. The van der Waals surface area contributed by atoms with Gasteiger partial charge in [0.15, 0.2) is 0 Å². The first-order chi connectivity index (χ1) is 8.15. The van der Waals surface area contributed by atoms with Crippen LogP contribution >= 0.6 is 0 Å². The quantitative estimate of drug-likeness (QED) is 0.836. The number of fused-ring (bicyclic) bond motifs is 2. The minimum atomic E-state index is -0.656. The van der Waals surface area contributed by atoms with E-state index < -0.39 is 6.10 Å². The smallest absolute Gasteiger partial charge is 0.133 e. The zero-order chi connectivity index (χ0) is 12.0. The summed E-state index contributed by atoms with van der Waals surface area (Å²) in [7, 11) is 0. The Morgan fingerprint density at radius 1 is 1.53 bits per heavy atom. The Hall–Kier alpha value is -0.840. The van der Waals surface area contributed by atoms with Crippen LogP contribution in [-0.4, -0.2) is 23.9 Å². The topological polar surface area (TPSA) is 68.6 Å². The van der Waals surface area contributed by atoms with Crippen LogP contribution < -0.4 is 5.73 Å². The lowest BCUT2D eigenvalue weighted by atomic mass is 9.69. The van der Waals surface area contributed by atoms with E-state index in [1.165, 1.54) is 0 Å². The molecule has 3 N–H and O–H groups in total. The number of nitrogens with two attached hydrogens (primary N) is 1. The normalized spacial score (nSPS) is 37.6. The lowest BCUT2D eigenvalue weighted by Crippen LogP contribution is -2.44. The molecule has 0 saturated carbocycles. The number of hydrogen-bond acceptors (Lipinski definition) is 4. The van der Waals surface area contributed by atoms with Gasteiger partial charge in [-0.05, 0) is 38.3 Å². The van der Waals surface area contributed by atoms with Crippen molar-refractivity contribution in [3.63, 3.8) is 0 Å². The van der Waals surface area contributed by atoms with Crippen LogP contribution in [0.15, 0.2) is 16.5 Å². The molecular weight excluding hydrogens is 218 g/mol. The van der Waals surface area contributed by atoms with E-state index in [4.69, 9.17) is 14.9 Å². The van der Waals surface area contributed by atoms with Gasteiger partial charge >= 0.3 is 0 Å². The number of aliphatic hydroxyl groups is 1. The summed E-state index contributed by atoms with van der Waals surface area (Å²) in [5.74, 6) is 1.43. The van der Waals surface area contributed by atoms with Crippen molar-refractivity contribution in [3.05, 3.63) is 23.7 Å².